The van der Waals surface area contributed by atoms with Gasteiger partial charge in [0.25, 0.3) is 0 Å². The molecule has 1 heterocycles. The molecule has 0 radical (unpaired) electrons. The van der Waals surface area contributed by atoms with E-state index in [0.717, 1.165) is 6.92 Å². The lowest BCUT2D eigenvalue weighted by atomic mass is 10.2. The number of hydrogen-bond acceptors (Lipinski definition) is 6. The van der Waals surface area contributed by atoms with Crippen LogP contribution in [0.1, 0.15) is 5.69 Å². The van der Waals surface area contributed by atoms with Gasteiger partial charge in [-0.2, -0.15) is 4.68 Å². The van der Waals surface area contributed by atoms with E-state index in [1.807, 2.05) is 0 Å². The van der Waals surface area contributed by atoms with Crippen LogP contribution in [0.15, 0.2) is 0 Å². The number of amides is 1. The van der Waals surface area contributed by atoms with Crippen molar-refractivity contribution in [3.05, 3.63) is 55.0 Å². The number of hydrogen-bond donors (Lipinski definition) is 1. The molecule has 2 aromatic rings. The Morgan fingerprint density at radius 2 is 1.48 bits per heavy atom. The van der Waals surface area contributed by atoms with Gasteiger partial charge in [-0.1, -0.05) is 0 Å². The molecular weight excluding hydrogens is 389 g/mol. The predicted molar refractivity (Wildman–Crippen MR) is 75.1 cm³/mol. The van der Waals surface area contributed by atoms with Gasteiger partial charge in [0.1, 0.15) is 17.9 Å². The minimum absolute atomic E-state index is 0.445. The third kappa shape index (κ3) is 3.38. The smallest absolute Gasteiger partial charge is 0.358 e. The Hall–Kier alpha value is -3.65. The molecule has 0 unspecified atom stereocenters. The van der Waals surface area contributed by atoms with E-state index in [4.69, 9.17) is 0 Å². The number of aromatic nitrogens is 2. The summed E-state index contributed by atoms with van der Waals surface area (Å²) < 4.78 is 66.7. The molecule has 0 saturated heterocycles. The molecule has 1 N–H and O–H groups in total. The molecule has 2 rings (SSSR count). The molecule has 0 spiro atoms. The molecule has 0 saturated carbocycles. The molecule has 1 aromatic heterocycles. The van der Waals surface area contributed by atoms with Gasteiger partial charge in [0.2, 0.25) is 11.7 Å². The number of carbonyl (C=O) groups excluding carboxylic acids is 1. The van der Waals surface area contributed by atoms with Crippen LogP contribution in [-0.4, -0.2) is 25.5 Å². The average Bonchev–Trinajstić information content (AvgIpc) is 2.92. The van der Waals surface area contributed by atoms with Crippen LogP contribution in [0.3, 0.4) is 0 Å². The molecule has 0 aliphatic heterocycles. The zero-order chi connectivity index (χ0) is 20.6. The molecule has 0 bridgehead atoms. The highest BCUT2D eigenvalue weighted by atomic mass is 19.2. The lowest BCUT2D eigenvalue weighted by Crippen LogP contribution is -2.22. The molecular formula is C12H6F5N5O5. The van der Waals surface area contributed by atoms with Gasteiger partial charge in [0.05, 0.1) is 10.0 Å². The zero-order valence-electron chi connectivity index (χ0n) is 12.9. The van der Waals surface area contributed by atoms with E-state index in [-0.39, 0.29) is 0 Å². The Morgan fingerprint density at radius 3 is 1.89 bits per heavy atom. The molecule has 0 atom stereocenters. The largest absolute Gasteiger partial charge is 0.468 e. The molecule has 0 aliphatic rings. The van der Waals surface area contributed by atoms with Gasteiger partial charge < -0.3 is 15.4 Å². The number of nitro groups is 2. The van der Waals surface area contributed by atoms with Gasteiger partial charge in [0.15, 0.2) is 23.3 Å². The summed E-state index contributed by atoms with van der Waals surface area (Å²) in [5.41, 5.74) is -3.12. The average molecular weight is 395 g/mol. The second kappa shape index (κ2) is 6.93. The van der Waals surface area contributed by atoms with Crippen molar-refractivity contribution in [1.82, 2.24) is 9.78 Å². The minimum Gasteiger partial charge on any atom is -0.358 e. The Labute approximate surface area is 144 Å². The van der Waals surface area contributed by atoms with Crippen molar-refractivity contribution < 1.29 is 36.6 Å². The van der Waals surface area contributed by atoms with E-state index < -0.39 is 74.3 Å². The van der Waals surface area contributed by atoms with Gasteiger partial charge in [0, 0.05) is 0 Å². The van der Waals surface area contributed by atoms with Crippen molar-refractivity contribution in [3.8, 4) is 0 Å². The quantitative estimate of drug-likeness (QED) is 0.272. The van der Waals surface area contributed by atoms with Crippen molar-refractivity contribution >= 4 is 23.1 Å². The monoisotopic (exact) mass is 395 g/mol. The standard InChI is InChI=1S/C12H6F5N5O5/c1-3-11(21(24)25)12(22(26)27)19-20(3)2-4(23)18-10-8(16)6(14)5(13)7(15)9(10)17/h2H2,1H3,(H,18,23). The van der Waals surface area contributed by atoms with Crippen LogP contribution < -0.4 is 5.32 Å². The Morgan fingerprint density at radius 1 is 1.00 bits per heavy atom. The summed E-state index contributed by atoms with van der Waals surface area (Å²) in [5, 5.41) is 26.3. The van der Waals surface area contributed by atoms with E-state index in [2.05, 4.69) is 5.10 Å². The molecule has 15 heteroatoms. The lowest BCUT2D eigenvalue weighted by Gasteiger charge is -2.09. The van der Waals surface area contributed by atoms with Crippen molar-refractivity contribution in [3.63, 3.8) is 0 Å². The fourth-order valence-corrected chi connectivity index (χ4v) is 2.04. The van der Waals surface area contributed by atoms with Crippen molar-refractivity contribution in [1.29, 1.82) is 0 Å². The highest BCUT2D eigenvalue weighted by Crippen LogP contribution is 2.30. The van der Waals surface area contributed by atoms with E-state index >= 15 is 0 Å². The van der Waals surface area contributed by atoms with Gasteiger partial charge >= 0.3 is 11.5 Å². The summed E-state index contributed by atoms with van der Waals surface area (Å²) >= 11 is 0. The zero-order valence-corrected chi connectivity index (χ0v) is 12.9. The van der Waals surface area contributed by atoms with Crippen LogP contribution in [0.25, 0.3) is 0 Å². The maximum absolute atomic E-state index is 13.5. The van der Waals surface area contributed by atoms with Crippen LogP contribution in [-0.2, 0) is 11.3 Å². The normalized spacial score (nSPS) is 10.7. The summed E-state index contributed by atoms with van der Waals surface area (Å²) in [7, 11) is 0. The van der Waals surface area contributed by atoms with E-state index in [1.54, 1.807) is 0 Å². The molecule has 0 aliphatic carbocycles. The molecule has 144 valence electrons. The van der Waals surface area contributed by atoms with Crippen LogP contribution in [0.5, 0.6) is 0 Å². The predicted octanol–water partition coefficient (Wildman–Crippen LogP) is 2.34. The number of carbonyl (C=O) groups is 1. The van der Waals surface area contributed by atoms with E-state index in [0.29, 0.717) is 4.68 Å². The first-order chi connectivity index (χ1) is 12.5. The highest BCUT2D eigenvalue weighted by Gasteiger charge is 2.36. The van der Waals surface area contributed by atoms with E-state index in [1.165, 1.54) is 5.32 Å². The van der Waals surface area contributed by atoms with Crippen LogP contribution in [0, 0.1) is 56.2 Å². The number of halogens is 5. The summed E-state index contributed by atoms with van der Waals surface area (Å²) in [5.74, 6) is -14.3. The number of rotatable bonds is 5. The van der Waals surface area contributed by atoms with Crippen molar-refractivity contribution in [2.75, 3.05) is 5.32 Å². The first kappa shape index (κ1) is 19.7. The highest BCUT2D eigenvalue weighted by molar-refractivity contribution is 5.91. The molecule has 27 heavy (non-hydrogen) atoms. The summed E-state index contributed by atoms with van der Waals surface area (Å²) in [6.45, 7) is -0.0379. The van der Waals surface area contributed by atoms with Crippen molar-refractivity contribution in [2.24, 2.45) is 0 Å². The fourth-order valence-electron chi connectivity index (χ4n) is 2.04. The Balaban J connectivity index is 2.37. The van der Waals surface area contributed by atoms with Crippen LogP contribution in [0.4, 0.5) is 39.1 Å². The van der Waals surface area contributed by atoms with Gasteiger partial charge in [-0.3, -0.25) is 14.9 Å². The van der Waals surface area contributed by atoms with Crippen LogP contribution >= 0.6 is 0 Å². The SMILES string of the molecule is Cc1c([N+](=O)[O-])c([N+](=O)[O-])nn1CC(=O)Nc1c(F)c(F)c(F)c(F)c1F. The summed E-state index contributed by atoms with van der Waals surface area (Å²) in [4.78, 5) is 31.1. The Kier molecular flexibility index (Phi) is 5.05. The second-order valence-corrected chi connectivity index (χ2v) is 4.92. The minimum atomic E-state index is -2.43. The lowest BCUT2D eigenvalue weighted by molar-refractivity contribution is -0.424. The summed E-state index contributed by atoms with van der Waals surface area (Å²) in [6, 6.07) is 0. The molecule has 1 amide bonds. The first-order valence-corrected chi connectivity index (χ1v) is 6.64. The first-order valence-electron chi connectivity index (χ1n) is 6.64. The fraction of sp³-hybridized carbons (Fsp3) is 0.167. The maximum atomic E-state index is 13.5. The van der Waals surface area contributed by atoms with Crippen molar-refractivity contribution in [2.45, 2.75) is 13.5 Å². The molecule has 10 nitrogen and oxygen atoms in total. The Bertz CT molecular complexity index is 963. The van der Waals surface area contributed by atoms with Gasteiger partial charge in [-0.05, 0) is 11.8 Å². The third-order valence-corrected chi connectivity index (χ3v) is 3.28. The topological polar surface area (TPSA) is 133 Å². The summed E-state index contributed by atoms with van der Waals surface area (Å²) in [6.07, 6.45) is 0. The van der Waals surface area contributed by atoms with E-state index in [9.17, 15) is 47.0 Å². The molecule has 0 fully saturated rings. The van der Waals surface area contributed by atoms with Gasteiger partial charge in [-0.25, -0.2) is 22.0 Å². The number of benzene rings is 1. The number of nitrogens with one attached hydrogen (secondary N) is 1. The number of nitrogens with zero attached hydrogens (tertiary/aromatic N) is 4. The maximum Gasteiger partial charge on any atom is 0.468 e. The third-order valence-electron chi connectivity index (χ3n) is 3.28. The van der Waals surface area contributed by atoms with Crippen LogP contribution in [0.2, 0.25) is 0 Å². The molecule has 1 aromatic carbocycles. The number of anilines is 1. The second-order valence-electron chi connectivity index (χ2n) is 4.92. The van der Waals surface area contributed by atoms with Gasteiger partial charge in [-0.15, -0.1) is 0 Å².